The van der Waals surface area contributed by atoms with Gasteiger partial charge in [0.05, 0.1) is 0 Å². The molecule has 1 aromatic carbocycles. The third kappa shape index (κ3) is 4.58. The Morgan fingerprint density at radius 1 is 1.30 bits per heavy atom. The van der Waals surface area contributed by atoms with E-state index in [1.54, 1.807) is 0 Å². The molecular formula is C14H19F3N2O3S. The summed E-state index contributed by atoms with van der Waals surface area (Å²) >= 11 is 0. The normalized spacial score (nSPS) is 20.4. The fourth-order valence-corrected chi connectivity index (χ4v) is 4.40. The van der Waals surface area contributed by atoms with E-state index in [9.17, 15) is 21.6 Å². The van der Waals surface area contributed by atoms with Crippen LogP contribution < -0.4 is 10.5 Å². The molecule has 1 aliphatic heterocycles. The van der Waals surface area contributed by atoms with Crippen LogP contribution in [0.5, 0.6) is 5.75 Å². The lowest BCUT2D eigenvalue weighted by Gasteiger charge is -2.32. The number of ether oxygens (including phenoxy) is 1. The lowest BCUT2D eigenvalue weighted by molar-refractivity contribution is -0.275. The largest absolute Gasteiger partial charge is 0.573 e. The number of halogens is 3. The van der Waals surface area contributed by atoms with Gasteiger partial charge < -0.3 is 10.5 Å². The summed E-state index contributed by atoms with van der Waals surface area (Å²) in [6, 6.07) is 4.80. The van der Waals surface area contributed by atoms with Gasteiger partial charge in [-0.1, -0.05) is 12.1 Å². The molecule has 1 fully saturated rings. The van der Waals surface area contributed by atoms with E-state index >= 15 is 0 Å². The van der Waals surface area contributed by atoms with Crippen LogP contribution in [0.15, 0.2) is 29.2 Å². The molecule has 0 amide bonds. The summed E-state index contributed by atoms with van der Waals surface area (Å²) in [6.07, 6.45) is -2.74. The summed E-state index contributed by atoms with van der Waals surface area (Å²) in [5, 5.41) is 0. The molecule has 0 aliphatic carbocycles. The zero-order valence-corrected chi connectivity index (χ0v) is 13.2. The van der Waals surface area contributed by atoms with Gasteiger partial charge in [-0.15, -0.1) is 13.2 Å². The van der Waals surface area contributed by atoms with Crippen LogP contribution in [0.3, 0.4) is 0 Å². The molecule has 9 heteroatoms. The van der Waals surface area contributed by atoms with Crippen LogP contribution in [0.2, 0.25) is 0 Å². The molecule has 1 aliphatic rings. The number of rotatable bonds is 5. The first-order chi connectivity index (χ1) is 10.7. The molecule has 5 nitrogen and oxygen atoms in total. The minimum atomic E-state index is -4.95. The maximum atomic E-state index is 12.7. The van der Waals surface area contributed by atoms with Gasteiger partial charge >= 0.3 is 6.36 Å². The maximum Gasteiger partial charge on any atom is 0.573 e. The second kappa shape index (κ2) is 7.06. The molecule has 1 atom stereocenters. The lowest BCUT2D eigenvalue weighted by Crippen LogP contribution is -2.40. The van der Waals surface area contributed by atoms with Crippen molar-refractivity contribution in [3.05, 3.63) is 24.3 Å². The van der Waals surface area contributed by atoms with Crippen LogP contribution in [-0.4, -0.2) is 38.7 Å². The third-order valence-corrected chi connectivity index (χ3v) is 5.65. The molecule has 2 N–H and O–H groups in total. The van der Waals surface area contributed by atoms with Crippen LogP contribution in [-0.2, 0) is 10.0 Å². The Morgan fingerprint density at radius 3 is 2.65 bits per heavy atom. The van der Waals surface area contributed by atoms with Crippen molar-refractivity contribution in [3.8, 4) is 5.75 Å². The summed E-state index contributed by atoms with van der Waals surface area (Å²) in [7, 11) is -4.05. The van der Waals surface area contributed by atoms with Gasteiger partial charge in [0.2, 0.25) is 10.0 Å². The summed E-state index contributed by atoms with van der Waals surface area (Å²) < 4.78 is 67.9. The monoisotopic (exact) mass is 352 g/mol. The molecule has 2 rings (SSSR count). The number of nitrogens with zero attached hydrogens (tertiary/aromatic N) is 1. The fourth-order valence-electron chi connectivity index (χ4n) is 2.73. The predicted molar refractivity (Wildman–Crippen MR) is 78.3 cm³/mol. The molecule has 23 heavy (non-hydrogen) atoms. The van der Waals surface area contributed by atoms with Crippen LogP contribution in [0.1, 0.15) is 19.3 Å². The molecule has 1 saturated heterocycles. The van der Waals surface area contributed by atoms with Gasteiger partial charge in [0.25, 0.3) is 0 Å². The number of piperidine rings is 1. The van der Waals surface area contributed by atoms with Gasteiger partial charge in [0.1, 0.15) is 10.6 Å². The van der Waals surface area contributed by atoms with Gasteiger partial charge in [0.15, 0.2) is 0 Å². The Bertz CT molecular complexity index is 632. The van der Waals surface area contributed by atoms with Gasteiger partial charge in [-0.2, -0.15) is 4.31 Å². The maximum absolute atomic E-state index is 12.7. The van der Waals surface area contributed by atoms with Crippen molar-refractivity contribution in [3.63, 3.8) is 0 Å². The highest BCUT2D eigenvalue weighted by Crippen LogP contribution is 2.33. The number of benzene rings is 1. The quantitative estimate of drug-likeness (QED) is 0.883. The van der Waals surface area contributed by atoms with Gasteiger partial charge in [-0.25, -0.2) is 8.42 Å². The van der Waals surface area contributed by atoms with Crippen molar-refractivity contribution < 1.29 is 26.3 Å². The highest BCUT2D eigenvalue weighted by molar-refractivity contribution is 7.89. The van der Waals surface area contributed by atoms with Crippen molar-refractivity contribution in [2.24, 2.45) is 11.7 Å². The topological polar surface area (TPSA) is 72.6 Å². The highest BCUT2D eigenvalue weighted by Gasteiger charge is 2.36. The Labute approximate surface area is 133 Å². The Hall–Kier alpha value is -1.32. The molecule has 130 valence electrons. The number of hydrogen-bond acceptors (Lipinski definition) is 4. The Balaban J connectivity index is 2.29. The average molecular weight is 352 g/mol. The van der Waals surface area contributed by atoms with E-state index < -0.39 is 27.0 Å². The zero-order chi connectivity index (χ0) is 17.1. The third-order valence-electron chi connectivity index (χ3n) is 3.75. The van der Waals surface area contributed by atoms with E-state index in [1.165, 1.54) is 16.4 Å². The first-order valence-corrected chi connectivity index (χ1v) is 8.73. The summed E-state index contributed by atoms with van der Waals surface area (Å²) in [6.45, 7) is 0.996. The summed E-state index contributed by atoms with van der Waals surface area (Å²) in [5.74, 6) is -0.583. The number of nitrogens with two attached hydrogens (primary N) is 1. The molecule has 0 spiro atoms. The van der Waals surface area contributed by atoms with Gasteiger partial charge in [-0.05, 0) is 43.9 Å². The zero-order valence-electron chi connectivity index (χ0n) is 12.4. The fraction of sp³-hybridized carbons (Fsp3) is 0.571. The second-order valence-electron chi connectivity index (χ2n) is 5.44. The number of para-hydroxylation sites is 1. The molecular weight excluding hydrogens is 333 g/mol. The van der Waals surface area contributed by atoms with Crippen LogP contribution in [0.4, 0.5) is 13.2 Å². The van der Waals surface area contributed by atoms with E-state index in [4.69, 9.17) is 5.73 Å². The molecule has 0 aromatic heterocycles. The minimum absolute atomic E-state index is 0.124. The van der Waals surface area contributed by atoms with E-state index in [-0.39, 0.29) is 19.0 Å². The van der Waals surface area contributed by atoms with E-state index in [0.29, 0.717) is 19.4 Å². The van der Waals surface area contributed by atoms with Crippen molar-refractivity contribution in [2.45, 2.75) is 30.5 Å². The van der Waals surface area contributed by atoms with Crippen molar-refractivity contribution in [1.82, 2.24) is 4.31 Å². The van der Waals surface area contributed by atoms with Crippen LogP contribution >= 0.6 is 0 Å². The Kier molecular flexibility index (Phi) is 5.53. The average Bonchev–Trinajstić information content (AvgIpc) is 2.46. The predicted octanol–water partition coefficient (Wildman–Crippen LogP) is 2.33. The lowest BCUT2D eigenvalue weighted by atomic mass is 9.96. The molecule has 1 aromatic rings. The molecule has 0 bridgehead atoms. The van der Waals surface area contributed by atoms with E-state index in [2.05, 4.69) is 4.74 Å². The Morgan fingerprint density at radius 2 is 2.00 bits per heavy atom. The van der Waals surface area contributed by atoms with Crippen molar-refractivity contribution in [2.75, 3.05) is 19.6 Å². The van der Waals surface area contributed by atoms with Gasteiger partial charge in [0, 0.05) is 13.1 Å². The first-order valence-electron chi connectivity index (χ1n) is 7.29. The number of alkyl halides is 3. The number of hydrogen-bond donors (Lipinski definition) is 1. The van der Waals surface area contributed by atoms with E-state index in [0.717, 1.165) is 18.6 Å². The van der Waals surface area contributed by atoms with Crippen molar-refractivity contribution in [1.29, 1.82) is 0 Å². The second-order valence-corrected chi connectivity index (χ2v) is 7.35. The molecule has 0 radical (unpaired) electrons. The molecule has 0 saturated carbocycles. The first kappa shape index (κ1) is 18.0. The van der Waals surface area contributed by atoms with E-state index in [1.807, 2.05) is 0 Å². The van der Waals surface area contributed by atoms with Crippen LogP contribution in [0, 0.1) is 5.92 Å². The number of sulfonamides is 1. The SMILES string of the molecule is NCCC1CCCN(S(=O)(=O)c2ccccc2OC(F)(F)F)C1. The minimum Gasteiger partial charge on any atom is -0.404 e. The smallest absolute Gasteiger partial charge is 0.404 e. The van der Waals surface area contributed by atoms with Gasteiger partial charge in [-0.3, -0.25) is 0 Å². The molecule has 1 heterocycles. The molecule has 1 unspecified atom stereocenters. The highest BCUT2D eigenvalue weighted by atomic mass is 32.2. The summed E-state index contributed by atoms with van der Waals surface area (Å²) in [4.78, 5) is -0.467. The summed E-state index contributed by atoms with van der Waals surface area (Å²) in [5.41, 5.74) is 5.51. The standard InChI is InChI=1S/C14H19F3N2O3S/c15-14(16,17)22-12-5-1-2-6-13(12)23(20,21)19-9-3-4-11(10-19)7-8-18/h1-2,5-6,11H,3-4,7-10,18H2. The van der Waals surface area contributed by atoms with Crippen LogP contribution in [0.25, 0.3) is 0 Å². The van der Waals surface area contributed by atoms with Crippen molar-refractivity contribution >= 4 is 10.0 Å².